The Hall–Kier alpha value is -1.98. The van der Waals surface area contributed by atoms with Gasteiger partial charge in [-0.05, 0) is 48.7 Å². The summed E-state index contributed by atoms with van der Waals surface area (Å²) in [4.78, 5) is 0. The van der Waals surface area contributed by atoms with Crippen LogP contribution in [0.4, 0.5) is 26.3 Å². The maximum absolute atomic E-state index is 13.1. The number of alkyl halides is 6. The minimum absolute atomic E-state index is 0.151. The Balaban J connectivity index is 2.78. The highest BCUT2D eigenvalue weighted by Gasteiger charge is 2.37. The van der Waals surface area contributed by atoms with E-state index in [2.05, 4.69) is 0 Å². The van der Waals surface area contributed by atoms with Crippen molar-refractivity contribution in [2.24, 2.45) is 0 Å². The molecule has 0 saturated heterocycles. The van der Waals surface area contributed by atoms with Crippen LogP contribution in [0.1, 0.15) is 22.3 Å². The Bertz CT molecular complexity index is 695. The van der Waals surface area contributed by atoms with Crippen LogP contribution >= 0.6 is 0 Å². The van der Waals surface area contributed by atoms with Crippen LogP contribution < -0.4 is 0 Å². The third kappa shape index (κ3) is 3.26. The van der Waals surface area contributed by atoms with Gasteiger partial charge in [0, 0.05) is 0 Å². The summed E-state index contributed by atoms with van der Waals surface area (Å²) in [5, 5.41) is 0. The summed E-state index contributed by atoms with van der Waals surface area (Å²) in [5.74, 6) is 0. The molecule has 0 aromatic heterocycles. The molecule has 6 heteroatoms. The second-order valence-electron chi connectivity index (χ2n) is 5.07. The van der Waals surface area contributed by atoms with Crippen molar-refractivity contribution >= 4 is 0 Å². The SMILES string of the molecule is Cc1ccc(C)c(-c2cc(C(F)(F)F)ccc2C(F)(F)F)c1. The largest absolute Gasteiger partial charge is 0.417 e. The van der Waals surface area contributed by atoms with Crippen molar-refractivity contribution in [1.82, 2.24) is 0 Å². The lowest BCUT2D eigenvalue weighted by molar-refractivity contribution is -0.141. The molecule has 0 aliphatic carbocycles. The summed E-state index contributed by atoms with van der Waals surface area (Å²) in [5.41, 5.74) is -1.32. The highest BCUT2D eigenvalue weighted by molar-refractivity contribution is 5.72. The van der Waals surface area contributed by atoms with E-state index in [4.69, 9.17) is 0 Å². The molecule has 2 rings (SSSR count). The number of rotatable bonds is 1. The van der Waals surface area contributed by atoms with Gasteiger partial charge in [-0.3, -0.25) is 0 Å². The average molecular weight is 318 g/mol. The van der Waals surface area contributed by atoms with Gasteiger partial charge < -0.3 is 0 Å². The van der Waals surface area contributed by atoms with E-state index in [0.29, 0.717) is 29.3 Å². The zero-order valence-corrected chi connectivity index (χ0v) is 11.7. The molecule has 0 unspecified atom stereocenters. The first-order valence-corrected chi connectivity index (χ1v) is 6.36. The Kier molecular flexibility index (Phi) is 3.98. The lowest BCUT2D eigenvalue weighted by atomic mass is 9.92. The molecule has 0 nitrogen and oxygen atoms in total. The molecule has 0 radical (unpaired) electrons. The van der Waals surface area contributed by atoms with Gasteiger partial charge in [-0.2, -0.15) is 26.3 Å². The van der Waals surface area contributed by atoms with Gasteiger partial charge in [-0.15, -0.1) is 0 Å². The van der Waals surface area contributed by atoms with E-state index in [0.717, 1.165) is 0 Å². The molecule has 0 fully saturated rings. The molecule has 0 amide bonds. The van der Waals surface area contributed by atoms with E-state index in [9.17, 15) is 26.3 Å². The second kappa shape index (κ2) is 5.34. The van der Waals surface area contributed by atoms with E-state index in [-0.39, 0.29) is 5.56 Å². The van der Waals surface area contributed by atoms with Gasteiger partial charge in [0.05, 0.1) is 11.1 Å². The summed E-state index contributed by atoms with van der Waals surface area (Å²) in [7, 11) is 0. The third-order valence-electron chi connectivity index (χ3n) is 3.34. The fourth-order valence-corrected chi connectivity index (χ4v) is 2.22. The monoisotopic (exact) mass is 318 g/mol. The zero-order chi connectivity index (χ0) is 16.7. The first-order valence-electron chi connectivity index (χ1n) is 6.36. The molecule has 118 valence electrons. The van der Waals surface area contributed by atoms with Crippen molar-refractivity contribution in [3.05, 3.63) is 58.7 Å². The van der Waals surface area contributed by atoms with Crippen LogP contribution in [0, 0.1) is 13.8 Å². The average Bonchev–Trinajstić information content (AvgIpc) is 2.39. The molecule has 0 aliphatic heterocycles. The van der Waals surface area contributed by atoms with Gasteiger partial charge >= 0.3 is 12.4 Å². The van der Waals surface area contributed by atoms with Crippen molar-refractivity contribution in [2.45, 2.75) is 26.2 Å². The molecule has 0 saturated carbocycles. The van der Waals surface area contributed by atoms with Crippen LogP contribution in [0.15, 0.2) is 36.4 Å². The highest BCUT2D eigenvalue weighted by Crippen LogP contribution is 2.41. The number of hydrogen-bond donors (Lipinski definition) is 0. The summed E-state index contributed by atoms with van der Waals surface area (Å²) in [6, 6.07) is 6.24. The second-order valence-corrected chi connectivity index (χ2v) is 5.07. The lowest BCUT2D eigenvalue weighted by Gasteiger charge is -2.17. The van der Waals surface area contributed by atoms with Crippen molar-refractivity contribution in [1.29, 1.82) is 0 Å². The van der Waals surface area contributed by atoms with Gasteiger partial charge in [-0.1, -0.05) is 23.8 Å². The topological polar surface area (TPSA) is 0 Å². The first kappa shape index (κ1) is 16.4. The van der Waals surface area contributed by atoms with Crippen LogP contribution in [0.25, 0.3) is 11.1 Å². The van der Waals surface area contributed by atoms with Crippen LogP contribution in [-0.4, -0.2) is 0 Å². The Morgan fingerprint density at radius 3 is 1.86 bits per heavy atom. The molecule has 2 aromatic rings. The number of halogens is 6. The van der Waals surface area contributed by atoms with Crippen LogP contribution in [0.5, 0.6) is 0 Å². The predicted octanol–water partition coefficient (Wildman–Crippen LogP) is 6.01. The third-order valence-corrected chi connectivity index (χ3v) is 3.34. The molecular weight excluding hydrogens is 306 g/mol. The van der Waals surface area contributed by atoms with Crippen molar-refractivity contribution in [3.8, 4) is 11.1 Å². The maximum Gasteiger partial charge on any atom is 0.417 e. The normalized spacial score (nSPS) is 12.5. The Labute approximate surface area is 123 Å². The van der Waals surface area contributed by atoms with Crippen LogP contribution in [-0.2, 0) is 12.4 Å². The van der Waals surface area contributed by atoms with Crippen molar-refractivity contribution < 1.29 is 26.3 Å². The minimum atomic E-state index is -4.73. The standard InChI is InChI=1S/C16H12F6/c1-9-3-4-10(2)12(7-9)13-8-11(15(17,18)19)5-6-14(13)16(20,21)22/h3-8H,1-2H3. The molecule has 2 aromatic carbocycles. The summed E-state index contributed by atoms with van der Waals surface area (Å²) < 4.78 is 77.8. The molecule has 0 atom stereocenters. The quantitative estimate of drug-likeness (QED) is 0.565. The first-order chi connectivity index (χ1) is 10.00. The van der Waals surface area contributed by atoms with E-state index < -0.39 is 29.0 Å². The molecule has 0 heterocycles. The van der Waals surface area contributed by atoms with E-state index >= 15 is 0 Å². The molecule has 0 aliphatic rings. The maximum atomic E-state index is 13.1. The molecular formula is C16H12F6. The predicted molar refractivity (Wildman–Crippen MR) is 71.4 cm³/mol. The van der Waals surface area contributed by atoms with Crippen LogP contribution in [0.3, 0.4) is 0 Å². The fraction of sp³-hybridized carbons (Fsp3) is 0.250. The number of aryl methyl sites for hydroxylation is 2. The summed E-state index contributed by atoms with van der Waals surface area (Å²) >= 11 is 0. The Morgan fingerprint density at radius 2 is 1.32 bits per heavy atom. The van der Waals surface area contributed by atoms with Gasteiger partial charge in [0.25, 0.3) is 0 Å². The molecule has 0 spiro atoms. The summed E-state index contributed by atoms with van der Waals surface area (Å²) in [6.45, 7) is 3.24. The fourth-order valence-electron chi connectivity index (χ4n) is 2.22. The molecule has 0 N–H and O–H groups in total. The van der Waals surface area contributed by atoms with Crippen molar-refractivity contribution in [2.75, 3.05) is 0 Å². The van der Waals surface area contributed by atoms with E-state index in [1.165, 1.54) is 6.07 Å². The van der Waals surface area contributed by atoms with Gasteiger partial charge in [0.2, 0.25) is 0 Å². The lowest BCUT2D eigenvalue weighted by Crippen LogP contribution is -2.11. The van der Waals surface area contributed by atoms with Gasteiger partial charge in [0.1, 0.15) is 0 Å². The van der Waals surface area contributed by atoms with E-state index in [1.807, 2.05) is 0 Å². The molecule has 22 heavy (non-hydrogen) atoms. The van der Waals surface area contributed by atoms with Crippen molar-refractivity contribution in [3.63, 3.8) is 0 Å². The molecule has 0 bridgehead atoms. The van der Waals surface area contributed by atoms with E-state index in [1.54, 1.807) is 26.0 Å². The minimum Gasteiger partial charge on any atom is -0.166 e. The van der Waals surface area contributed by atoms with Gasteiger partial charge in [0.15, 0.2) is 0 Å². The highest BCUT2D eigenvalue weighted by atomic mass is 19.4. The Morgan fingerprint density at radius 1 is 0.682 bits per heavy atom. The van der Waals surface area contributed by atoms with Crippen LogP contribution in [0.2, 0.25) is 0 Å². The smallest absolute Gasteiger partial charge is 0.166 e. The van der Waals surface area contributed by atoms with Gasteiger partial charge in [-0.25, -0.2) is 0 Å². The summed E-state index contributed by atoms with van der Waals surface area (Å²) in [6.07, 6.45) is -9.42. The number of hydrogen-bond acceptors (Lipinski definition) is 0. The number of benzene rings is 2. The zero-order valence-electron chi connectivity index (χ0n) is 11.7.